The van der Waals surface area contributed by atoms with Gasteiger partial charge in [0.25, 0.3) is 0 Å². The van der Waals surface area contributed by atoms with E-state index < -0.39 is 5.97 Å². The average Bonchev–Trinajstić information content (AvgIpc) is 2.49. The first-order valence-electron chi connectivity index (χ1n) is 6.76. The minimum atomic E-state index is -0.527. The van der Waals surface area contributed by atoms with Gasteiger partial charge in [0.15, 0.2) is 11.5 Å². The van der Waals surface area contributed by atoms with E-state index in [1.807, 2.05) is 0 Å². The molecule has 0 fully saturated rings. The van der Waals surface area contributed by atoms with Gasteiger partial charge in [-0.3, -0.25) is 4.79 Å². The molecule has 0 bridgehead atoms. The summed E-state index contributed by atoms with van der Waals surface area (Å²) in [6, 6.07) is 13.5. The van der Waals surface area contributed by atoms with Crippen molar-refractivity contribution in [2.75, 3.05) is 0 Å². The van der Waals surface area contributed by atoms with Gasteiger partial charge in [0.1, 0.15) is 0 Å². The molecule has 0 radical (unpaired) electrons. The normalized spacial score (nSPS) is 10.4. The Morgan fingerprint density at radius 3 is 2.05 bits per heavy atom. The number of hydrogen-bond donors (Lipinski definition) is 0. The highest BCUT2D eigenvalue weighted by molar-refractivity contribution is 9.10. The van der Waals surface area contributed by atoms with Crippen molar-refractivity contribution in [1.82, 2.24) is 0 Å². The molecular weight excluding hydrogens is 348 g/mol. The Morgan fingerprint density at radius 2 is 1.45 bits per heavy atom. The predicted octanol–water partition coefficient (Wildman–Crippen LogP) is 4.23. The van der Waals surface area contributed by atoms with Crippen LogP contribution in [0.15, 0.2) is 53.0 Å². The maximum atomic E-state index is 12.2. The van der Waals surface area contributed by atoms with Crippen molar-refractivity contribution in [2.45, 2.75) is 13.8 Å². The molecule has 2 aromatic rings. The summed E-state index contributed by atoms with van der Waals surface area (Å²) < 4.78 is 11.2. The summed E-state index contributed by atoms with van der Waals surface area (Å²) in [5.41, 5.74) is 0.396. The maximum absolute atomic E-state index is 12.2. The van der Waals surface area contributed by atoms with Gasteiger partial charge < -0.3 is 9.47 Å². The molecule has 2 rings (SSSR count). The molecule has 0 saturated heterocycles. The highest BCUT2D eigenvalue weighted by Gasteiger charge is 2.17. The lowest BCUT2D eigenvalue weighted by atomic mass is 10.2. The standard InChI is InChI=1S/C17H15BrO4/c1-11(2)16(19)21-14-9-5-6-10-15(14)22-17(20)12-7-3-4-8-13(12)18/h3-11H,1-2H3. The topological polar surface area (TPSA) is 52.6 Å². The number of rotatable bonds is 4. The molecule has 0 atom stereocenters. The fourth-order valence-electron chi connectivity index (χ4n) is 1.63. The number of carbonyl (C=O) groups excluding carboxylic acids is 2. The summed E-state index contributed by atoms with van der Waals surface area (Å²) in [6.07, 6.45) is 0. The van der Waals surface area contributed by atoms with Gasteiger partial charge in [-0.05, 0) is 40.2 Å². The van der Waals surface area contributed by atoms with Crippen LogP contribution in [0.25, 0.3) is 0 Å². The van der Waals surface area contributed by atoms with Gasteiger partial charge in [-0.1, -0.05) is 38.1 Å². The zero-order valence-electron chi connectivity index (χ0n) is 12.2. The summed E-state index contributed by atoms with van der Waals surface area (Å²) >= 11 is 3.30. The van der Waals surface area contributed by atoms with Crippen LogP contribution in [0.4, 0.5) is 0 Å². The second-order valence-electron chi connectivity index (χ2n) is 4.89. The van der Waals surface area contributed by atoms with Crippen LogP contribution in [0, 0.1) is 5.92 Å². The molecule has 0 amide bonds. The van der Waals surface area contributed by atoms with Gasteiger partial charge >= 0.3 is 11.9 Å². The Balaban J connectivity index is 2.21. The molecule has 0 spiro atoms. The monoisotopic (exact) mass is 362 g/mol. The molecule has 0 N–H and O–H groups in total. The van der Waals surface area contributed by atoms with Crippen molar-refractivity contribution in [2.24, 2.45) is 5.92 Å². The molecule has 0 aliphatic heterocycles. The quantitative estimate of drug-likeness (QED) is 0.603. The van der Waals surface area contributed by atoms with Gasteiger partial charge in [-0.25, -0.2) is 4.79 Å². The largest absolute Gasteiger partial charge is 0.422 e. The summed E-state index contributed by atoms with van der Waals surface area (Å²) in [4.78, 5) is 23.9. The van der Waals surface area contributed by atoms with Crippen LogP contribution in [-0.4, -0.2) is 11.9 Å². The van der Waals surface area contributed by atoms with Crippen molar-refractivity contribution in [3.8, 4) is 11.5 Å². The predicted molar refractivity (Wildman–Crippen MR) is 86.0 cm³/mol. The molecule has 4 nitrogen and oxygen atoms in total. The Kier molecular flexibility index (Phi) is 5.33. The van der Waals surface area contributed by atoms with E-state index in [2.05, 4.69) is 15.9 Å². The molecule has 0 heterocycles. The highest BCUT2D eigenvalue weighted by atomic mass is 79.9. The molecule has 5 heteroatoms. The second-order valence-corrected chi connectivity index (χ2v) is 5.75. The SMILES string of the molecule is CC(C)C(=O)Oc1ccccc1OC(=O)c1ccccc1Br. The van der Waals surface area contributed by atoms with Crippen molar-refractivity contribution in [3.05, 3.63) is 58.6 Å². The molecule has 0 aromatic heterocycles. The smallest absolute Gasteiger partial charge is 0.344 e. The summed E-state index contributed by atoms with van der Waals surface area (Å²) in [5, 5.41) is 0. The van der Waals surface area contributed by atoms with Crippen molar-refractivity contribution in [3.63, 3.8) is 0 Å². The minimum absolute atomic E-state index is 0.206. The average molecular weight is 363 g/mol. The first-order valence-corrected chi connectivity index (χ1v) is 7.55. The zero-order valence-corrected chi connectivity index (χ0v) is 13.8. The number of hydrogen-bond acceptors (Lipinski definition) is 4. The van der Waals surface area contributed by atoms with Crippen molar-refractivity contribution < 1.29 is 19.1 Å². The minimum Gasteiger partial charge on any atom is -0.422 e. The highest BCUT2D eigenvalue weighted by Crippen LogP contribution is 2.29. The maximum Gasteiger partial charge on any atom is 0.344 e. The lowest BCUT2D eigenvalue weighted by Gasteiger charge is -2.12. The van der Waals surface area contributed by atoms with E-state index >= 15 is 0 Å². The van der Waals surface area contributed by atoms with Crippen LogP contribution in [0.5, 0.6) is 11.5 Å². The van der Waals surface area contributed by atoms with E-state index in [1.54, 1.807) is 62.4 Å². The van der Waals surface area contributed by atoms with Crippen molar-refractivity contribution >= 4 is 27.9 Å². The van der Waals surface area contributed by atoms with Crippen molar-refractivity contribution in [1.29, 1.82) is 0 Å². The van der Waals surface area contributed by atoms with Crippen LogP contribution in [0.1, 0.15) is 24.2 Å². The van der Waals surface area contributed by atoms with E-state index in [0.29, 0.717) is 10.0 Å². The lowest BCUT2D eigenvalue weighted by molar-refractivity contribution is -0.137. The number of esters is 2. The van der Waals surface area contributed by atoms with E-state index in [4.69, 9.17) is 9.47 Å². The third kappa shape index (κ3) is 3.95. The van der Waals surface area contributed by atoms with E-state index in [9.17, 15) is 9.59 Å². The van der Waals surface area contributed by atoms with E-state index in [0.717, 1.165) is 0 Å². The van der Waals surface area contributed by atoms with Gasteiger partial charge in [-0.2, -0.15) is 0 Å². The molecule has 0 aliphatic carbocycles. The second kappa shape index (κ2) is 7.22. The van der Waals surface area contributed by atoms with Gasteiger partial charge in [0, 0.05) is 4.47 Å². The molecule has 22 heavy (non-hydrogen) atoms. The Hall–Kier alpha value is -2.14. The van der Waals surface area contributed by atoms with Crippen LogP contribution in [-0.2, 0) is 4.79 Å². The number of carbonyl (C=O) groups is 2. The zero-order chi connectivity index (χ0) is 16.1. The molecule has 114 valence electrons. The third-order valence-electron chi connectivity index (χ3n) is 2.83. The van der Waals surface area contributed by atoms with Crippen LogP contribution < -0.4 is 9.47 Å². The van der Waals surface area contributed by atoms with Gasteiger partial charge in [0.05, 0.1) is 11.5 Å². The summed E-state index contributed by atoms with van der Waals surface area (Å²) in [5.74, 6) is -0.754. The molecular formula is C17H15BrO4. The fraction of sp³-hybridized carbons (Fsp3) is 0.176. The van der Waals surface area contributed by atoms with E-state index in [-0.39, 0.29) is 23.4 Å². The number of para-hydroxylation sites is 2. The number of benzene rings is 2. The molecule has 0 unspecified atom stereocenters. The Labute approximate surface area is 137 Å². The van der Waals surface area contributed by atoms with Crippen LogP contribution >= 0.6 is 15.9 Å². The number of halogens is 1. The van der Waals surface area contributed by atoms with Crippen LogP contribution in [0.2, 0.25) is 0 Å². The van der Waals surface area contributed by atoms with Gasteiger partial charge in [0.2, 0.25) is 0 Å². The molecule has 0 saturated carbocycles. The van der Waals surface area contributed by atoms with E-state index in [1.165, 1.54) is 0 Å². The first-order chi connectivity index (χ1) is 10.5. The summed E-state index contributed by atoms with van der Waals surface area (Å²) in [7, 11) is 0. The fourth-order valence-corrected chi connectivity index (χ4v) is 2.07. The Morgan fingerprint density at radius 1 is 0.909 bits per heavy atom. The van der Waals surface area contributed by atoms with Crippen LogP contribution in [0.3, 0.4) is 0 Å². The van der Waals surface area contributed by atoms with Gasteiger partial charge in [-0.15, -0.1) is 0 Å². The third-order valence-corrected chi connectivity index (χ3v) is 3.52. The molecule has 2 aromatic carbocycles. The Bertz CT molecular complexity index is 695. The number of ether oxygens (including phenoxy) is 2. The first kappa shape index (κ1) is 16.2. The summed E-state index contributed by atoms with van der Waals surface area (Å²) in [6.45, 7) is 3.47. The lowest BCUT2D eigenvalue weighted by Crippen LogP contribution is -2.16. The molecule has 0 aliphatic rings.